The summed E-state index contributed by atoms with van der Waals surface area (Å²) in [4.78, 5) is 26.8. The van der Waals surface area contributed by atoms with E-state index in [0.717, 1.165) is 11.3 Å². The average molecular weight is 327 g/mol. The smallest absolute Gasteiger partial charge is 0.310 e. The van der Waals surface area contributed by atoms with Gasteiger partial charge in [0.25, 0.3) is 0 Å². The number of thiophene rings is 1. The lowest BCUT2D eigenvalue weighted by molar-refractivity contribution is -0.146. The van der Waals surface area contributed by atoms with E-state index in [1.807, 2.05) is 24.4 Å². The third-order valence-corrected chi connectivity index (χ3v) is 4.15. The molecule has 124 valence electrons. The van der Waals surface area contributed by atoms with E-state index in [-0.39, 0.29) is 17.8 Å². The van der Waals surface area contributed by atoms with Gasteiger partial charge in [0.2, 0.25) is 5.91 Å². The first-order chi connectivity index (χ1) is 10.6. The lowest BCUT2D eigenvalue weighted by Gasteiger charge is -2.25. The summed E-state index contributed by atoms with van der Waals surface area (Å²) in [6.07, 6.45) is 1.14. The van der Waals surface area contributed by atoms with Gasteiger partial charge >= 0.3 is 5.97 Å². The highest BCUT2D eigenvalue weighted by atomic mass is 32.1. The standard InChI is InChI=1S/C16H25NO4S/c1-4-21-9-6-8-17(12-13(2)16(19)20-3)15(18)11-14-7-5-10-22-14/h5,7,10,13H,4,6,8-9,11-12H2,1-3H3. The Morgan fingerprint density at radius 1 is 1.41 bits per heavy atom. The van der Waals surface area contributed by atoms with Gasteiger partial charge in [0.15, 0.2) is 0 Å². The second-order valence-electron chi connectivity index (χ2n) is 5.07. The van der Waals surface area contributed by atoms with E-state index in [2.05, 4.69) is 0 Å². The van der Waals surface area contributed by atoms with Crippen LogP contribution in [0.1, 0.15) is 25.1 Å². The van der Waals surface area contributed by atoms with E-state index < -0.39 is 0 Å². The zero-order valence-corrected chi connectivity index (χ0v) is 14.4. The van der Waals surface area contributed by atoms with E-state index in [4.69, 9.17) is 9.47 Å². The van der Waals surface area contributed by atoms with E-state index in [9.17, 15) is 9.59 Å². The van der Waals surface area contributed by atoms with Gasteiger partial charge in [-0.2, -0.15) is 0 Å². The van der Waals surface area contributed by atoms with Crippen molar-refractivity contribution in [2.45, 2.75) is 26.7 Å². The molecule has 1 aromatic rings. The van der Waals surface area contributed by atoms with E-state index in [0.29, 0.717) is 32.7 Å². The van der Waals surface area contributed by atoms with Gasteiger partial charge in [-0.3, -0.25) is 9.59 Å². The molecule has 0 aliphatic heterocycles. The number of rotatable bonds is 10. The van der Waals surface area contributed by atoms with Crippen LogP contribution in [0.15, 0.2) is 17.5 Å². The molecule has 1 amide bonds. The first-order valence-electron chi connectivity index (χ1n) is 7.54. The number of carbonyl (C=O) groups excluding carboxylic acids is 2. The number of amides is 1. The van der Waals surface area contributed by atoms with Crippen LogP contribution in [0.3, 0.4) is 0 Å². The Kier molecular flexibility index (Phi) is 8.77. The largest absolute Gasteiger partial charge is 0.469 e. The predicted octanol–water partition coefficient (Wildman–Crippen LogP) is 2.35. The van der Waals surface area contributed by atoms with Gasteiger partial charge in [0, 0.05) is 31.2 Å². The molecule has 1 heterocycles. The number of esters is 1. The number of methoxy groups -OCH3 is 1. The minimum atomic E-state index is -0.329. The molecule has 5 nitrogen and oxygen atoms in total. The number of ether oxygens (including phenoxy) is 2. The Balaban J connectivity index is 2.59. The van der Waals surface area contributed by atoms with Crippen molar-refractivity contribution in [2.24, 2.45) is 5.92 Å². The topological polar surface area (TPSA) is 55.8 Å². The molecule has 0 bridgehead atoms. The van der Waals surface area contributed by atoms with Crippen LogP contribution in [-0.4, -0.2) is 50.2 Å². The van der Waals surface area contributed by atoms with Gasteiger partial charge in [-0.1, -0.05) is 13.0 Å². The minimum Gasteiger partial charge on any atom is -0.469 e. The monoisotopic (exact) mass is 327 g/mol. The van der Waals surface area contributed by atoms with Gasteiger partial charge in [-0.25, -0.2) is 0 Å². The van der Waals surface area contributed by atoms with Crippen molar-refractivity contribution in [2.75, 3.05) is 33.4 Å². The van der Waals surface area contributed by atoms with Crippen molar-refractivity contribution in [3.05, 3.63) is 22.4 Å². The summed E-state index contributed by atoms with van der Waals surface area (Å²) in [5, 5.41) is 1.96. The molecular formula is C16H25NO4S. The van der Waals surface area contributed by atoms with Gasteiger partial charge in [-0.15, -0.1) is 11.3 Å². The molecule has 0 aliphatic carbocycles. The van der Waals surface area contributed by atoms with Crippen LogP contribution in [0.25, 0.3) is 0 Å². The molecule has 0 spiro atoms. The average Bonchev–Trinajstić information content (AvgIpc) is 3.02. The molecule has 0 radical (unpaired) electrons. The summed E-state index contributed by atoms with van der Waals surface area (Å²) in [6.45, 7) is 5.97. The normalized spacial score (nSPS) is 12.0. The van der Waals surface area contributed by atoms with Crippen molar-refractivity contribution in [3.8, 4) is 0 Å². The molecule has 22 heavy (non-hydrogen) atoms. The second kappa shape index (κ2) is 10.3. The highest BCUT2D eigenvalue weighted by molar-refractivity contribution is 7.10. The van der Waals surface area contributed by atoms with Gasteiger partial charge in [-0.05, 0) is 24.8 Å². The summed E-state index contributed by atoms with van der Waals surface area (Å²) in [5.41, 5.74) is 0. The van der Waals surface area contributed by atoms with Crippen molar-refractivity contribution < 1.29 is 19.1 Å². The Bertz CT molecular complexity index is 447. The maximum atomic E-state index is 12.5. The Morgan fingerprint density at radius 2 is 2.18 bits per heavy atom. The van der Waals surface area contributed by atoms with Crippen LogP contribution in [0.2, 0.25) is 0 Å². The van der Waals surface area contributed by atoms with Gasteiger partial charge in [0.05, 0.1) is 19.4 Å². The fourth-order valence-corrected chi connectivity index (χ4v) is 2.80. The predicted molar refractivity (Wildman–Crippen MR) is 86.9 cm³/mol. The number of hydrogen-bond donors (Lipinski definition) is 0. The maximum absolute atomic E-state index is 12.5. The molecule has 0 aromatic carbocycles. The molecular weight excluding hydrogens is 302 g/mol. The summed E-state index contributed by atoms with van der Waals surface area (Å²) in [5.74, 6) is -0.585. The van der Waals surface area contributed by atoms with Crippen molar-refractivity contribution in [3.63, 3.8) is 0 Å². The van der Waals surface area contributed by atoms with Crippen LogP contribution < -0.4 is 0 Å². The molecule has 1 aromatic heterocycles. The third kappa shape index (κ3) is 6.58. The van der Waals surface area contributed by atoms with Crippen LogP contribution in [0, 0.1) is 5.92 Å². The van der Waals surface area contributed by atoms with Crippen LogP contribution in [-0.2, 0) is 25.5 Å². The van der Waals surface area contributed by atoms with Crippen LogP contribution in [0.5, 0.6) is 0 Å². The van der Waals surface area contributed by atoms with Crippen molar-refractivity contribution in [1.29, 1.82) is 0 Å². The molecule has 1 rings (SSSR count). The fraction of sp³-hybridized carbons (Fsp3) is 0.625. The first-order valence-corrected chi connectivity index (χ1v) is 8.42. The molecule has 1 atom stereocenters. The molecule has 0 fully saturated rings. The highest BCUT2D eigenvalue weighted by Crippen LogP contribution is 2.12. The SMILES string of the molecule is CCOCCCN(CC(C)C(=O)OC)C(=O)Cc1cccs1. The highest BCUT2D eigenvalue weighted by Gasteiger charge is 2.21. The van der Waals surface area contributed by atoms with E-state index >= 15 is 0 Å². The zero-order chi connectivity index (χ0) is 16.4. The molecule has 0 aliphatic rings. The summed E-state index contributed by atoms with van der Waals surface area (Å²) >= 11 is 1.57. The Morgan fingerprint density at radius 3 is 2.77 bits per heavy atom. The van der Waals surface area contributed by atoms with Gasteiger partial charge < -0.3 is 14.4 Å². The Labute approximate surface area is 136 Å². The van der Waals surface area contributed by atoms with Crippen molar-refractivity contribution in [1.82, 2.24) is 4.90 Å². The summed E-state index contributed by atoms with van der Waals surface area (Å²) < 4.78 is 10.1. The molecule has 6 heteroatoms. The zero-order valence-electron chi connectivity index (χ0n) is 13.5. The maximum Gasteiger partial charge on any atom is 0.310 e. The van der Waals surface area contributed by atoms with E-state index in [1.54, 1.807) is 23.2 Å². The minimum absolute atomic E-state index is 0.0368. The molecule has 0 saturated carbocycles. The quantitative estimate of drug-likeness (QED) is 0.489. The first kappa shape index (κ1) is 18.6. The number of carbonyl (C=O) groups is 2. The van der Waals surface area contributed by atoms with E-state index in [1.165, 1.54) is 7.11 Å². The van der Waals surface area contributed by atoms with Crippen LogP contribution >= 0.6 is 11.3 Å². The summed E-state index contributed by atoms with van der Waals surface area (Å²) in [6, 6.07) is 3.88. The van der Waals surface area contributed by atoms with Crippen LogP contribution in [0.4, 0.5) is 0 Å². The lowest BCUT2D eigenvalue weighted by Crippen LogP contribution is -2.39. The molecule has 1 unspecified atom stereocenters. The third-order valence-electron chi connectivity index (χ3n) is 3.28. The molecule has 0 N–H and O–H groups in total. The fourth-order valence-electron chi connectivity index (χ4n) is 2.10. The van der Waals surface area contributed by atoms with Gasteiger partial charge in [0.1, 0.15) is 0 Å². The number of nitrogens with zero attached hydrogens (tertiary/aromatic N) is 1. The number of hydrogen-bond acceptors (Lipinski definition) is 5. The Hall–Kier alpha value is -1.40. The summed E-state index contributed by atoms with van der Waals surface area (Å²) in [7, 11) is 1.37. The molecule has 0 saturated heterocycles. The second-order valence-corrected chi connectivity index (χ2v) is 6.10. The van der Waals surface area contributed by atoms with Crippen molar-refractivity contribution >= 4 is 23.2 Å². The lowest BCUT2D eigenvalue weighted by atomic mass is 10.1.